The molecule has 9 heteroatoms. The summed E-state index contributed by atoms with van der Waals surface area (Å²) in [6.07, 6.45) is 4.60. The number of carbonyl (C=O) groups is 1. The summed E-state index contributed by atoms with van der Waals surface area (Å²) in [4.78, 5) is 12.9. The maximum atomic E-state index is 13.6. The lowest BCUT2D eigenvalue weighted by atomic mass is 9.98. The van der Waals surface area contributed by atoms with Gasteiger partial charge in [-0.3, -0.25) is 4.79 Å². The molecule has 0 bridgehead atoms. The zero-order valence-corrected chi connectivity index (χ0v) is 21.3. The molecule has 4 rings (SSSR count). The monoisotopic (exact) mass is 504 g/mol. The van der Waals surface area contributed by atoms with E-state index in [2.05, 4.69) is 10.5 Å². The van der Waals surface area contributed by atoms with Gasteiger partial charge in [-0.05, 0) is 75.1 Å². The summed E-state index contributed by atoms with van der Waals surface area (Å²) in [5.74, 6) is -0.590. The first-order valence-electron chi connectivity index (χ1n) is 11.7. The van der Waals surface area contributed by atoms with Crippen molar-refractivity contribution in [3.8, 4) is 6.07 Å². The molecule has 1 aliphatic rings. The van der Waals surface area contributed by atoms with Gasteiger partial charge in [0.2, 0.25) is 15.9 Å². The highest BCUT2D eigenvalue weighted by atomic mass is 32.2. The van der Waals surface area contributed by atoms with Crippen molar-refractivity contribution < 1.29 is 17.7 Å². The number of rotatable bonds is 6. The molecule has 186 valence electrons. The molecule has 2 aromatic carbocycles. The number of amides is 1. The molecule has 1 unspecified atom stereocenters. The van der Waals surface area contributed by atoms with Gasteiger partial charge in [0.05, 0.1) is 17.6 Å². The molecule has 1 aromatic heterocycles. The lowest BCUT2D eigenvalue weighted by molar-refractivity contribution is -0.120. The second kappa shape index (κ2) is 10.5. The standard InChI is InChI=1S/C27H28N4O4S/c1-18-6-7-19(2)22(15-18)10-13-25-26(20(3)30-35-25)36(33,34)31-14-4-5-23(17-31)27(32)29-24-11-8-21(16-28)9-12-24/h6-13,15,23H,4-5,14,17H2,1-3H3,(H,29,32)/b13-10+. The van der Waals surface area contributed by atoms with E-state index in [0.717, 1.165) is 16.7 Å². The number of nitrogens with one attached hydrogen (secondary N) is 1. The van der Waals surface area contributed by atoms with Crippen LogP contribution in [0.4, 0.5) is 5.69 Å². The van der Waals surface area contributed by atoms with Gasteiger partial charge in [-0.15, -0.1) is 0 Å². The number of aryl methyl sites for hydroxylation is 3. The Labute approximate surface area is 211 Å². The minimum absolute atomic E-state index is 0.0252. The van der Waals surface area contributed by atoms with Crippen LogP contribution < -0.4 is 5.32 Å². The number of nitriles is 1. The van der Waals surface area contributed by atoms with Gasteiger partial charge >= 0.3 is 0 Å². The number of hydrogen-bond donors (Lipinski definition) is 1. The summed E-state index contributed by atoms with van der Waals surface area (Å²) < 4.78 is 34.0. The van der Waals surface area contributed by atoms with Crippen LogP contribution in [0.5, 0.6) is 0 Å². The first kappa shape index (κ1) is 25.4. The van der Waals surface area contributed by atoms with Gasteiger partial charge in [0.1, 0.15) is 5.69 Å². The van der Waals surface area contributed by atoms with Crippen LogP contribution in [0, 0.1) is 38.0 Å². The summed E-state index contributed by atoms with van der Waals surface area (Å²) in [5, 5.41) is 15.7. The fraction of sp³-hybridized carbons (Fsp3) is 0.296. The first-order chi connectivity index (χ1) is 17.2. The number of hydrogen-bond acceptors (Lipinski definition) is 6. The van der Waals surface area contributed by atoms with Gasteiger partial charge in [-0.1, -0.05) is 35.0 Å². The van der Waals surface area contributed by atoms with E-state index in [4.69, 9.17) is 9.78 Å². The molecule has 0 saturated carbocycles. The fourth-order valence-electron chi connectivity index (χ4n) is 4.28. The van der Waals surface area contributed by atoms with Crippen molar-refractivity contribution in [3.05, 3.63) is 76.2 Å². The van der Waals surface area contributed by atoms with Crippen molar-refractivity contribution in [3.63, 3.8) is 0 Å². The molecule has 1 aliphatic heterocycles. The Balaban J connectivity index is 1.53. The number of carbonyl (C=O) groups excluding carboxylic acids is 1. The zero-order valence-electron chi connectivity index (χ0n) is 20.5. The van der Waals surface area contributed by atoms with Crippen LogP contribution in [0.3, 0.4) is 0 Å². The Morgan fingerprint density at radius 3 is 2.64 bits per heavy atom. The minimum Gasteiger partial charge on any atom is -0.355 e. The van der Waals surface area contributed by atoms with Crippen LogP contribution in [0.1, 0.15) is 46.5 Å². The van der Waals surface area contributed by atoms with Gasteiger partial charge in [0, 0.05) is 18.8 Å². The number of sulfonamides is 1. The van der Waals surface area contributed by atoms with Gasteiger partial charge in [0.15, 0.2) is 10.7 Å². The number of nitrogens with zero attached hydrogens (tertiary/aromatic N) is 3. The molecule has 0 spiro atoms. The first-order valence-corrected chi connectivity index (χ1v) is 13.2. The van der Waals surface area contributed by atoms with E-state index >= 15 is 0 Å². The molecular formula is C27H28N4O4S. The summed E-state index contributed by atoms with van der Waals surface area (Å²) in [7, 11) is -3.94. The van der Waals surface area contributed by atoms with Crippen molar-refractivity contribution in [1.82, 2.24) is 9.46 Å². The number of aromatic nitrogens is 1. The average molecular weight is 505 g/mol. The maximum absolute atomic E-state index is 13.6. The van der Waals surface area contributed by atoms with E-state index in [1.54, 1.807) is 37.3 Å². The smallest absolute Gasteiger partial charge is 0.248 e. The Kier molecular flexibility index (Phi) is 7.38. The second-order valence-corrected chi connectivity index (χ2v) is 10.9. The predicted molar refractivity (Wildman–Crippen MR) is 137 cm³/mol. The maximum Gasteiger partial charge on any atom is 0.248 e. The molecule has 0 radical (unpaired) electrons. The normalized spacial score (nSPS) is 16.7. The van der Waals surface area contributed by atoms with Gasteiger partial charge in [0.25, 0.3) is 0 Å². The van der Waals surface area contributed by atoms with E-state index in [-0.39, 0.29) is 28.8 Å². The molecule has 36 heavy (non-hydrogen) atoms. The molecule has 1 fully saturated rings. The summed E-state index contributed by atoms with van der Waals surface area (Å²) in [5.41, 5.74) is 4.46. The van der Waals surface area contributed by atoms with E-state index in [1.807, 2.05) is 44.2 Å². The summed E-state index contributed by atoms with van der Waals surface area (Å²) in [6.45, 7) is 5.96. The van der Waals surface area contributed by atoms with Crippen LogP contribution >= 0.6 is 0 Å². The zero-order chi connectivity index (χ0) is 25.9. The van der Waals surface area contributed by atoms with E-state index < -0.39 is 15.9 Å². The molecular weight excluding hydrogens is 476 g/mol. The minimum atomic E-state index is -3.94. The number of anilines is 1. The quantitative estimate of drug-likeness (QED) is 0.521. The van der Waals surface area contributed by atoms with E-state index in [9.17, 15) is 13.2 Å². The highest BCUT2D eigenvalue weighted by Crippen LogP contribution is 2.30. The molecule has 1 amide bonds. The Morgan fingerprint density at radius 2 is 1.92 bits per heavy atom. The highest BCUT2D eigenvalue weighted by Gasteiger charge is 2.37. The summed E-state index contributed by atoms with van der Waals surface area (Å²) >= 11 is 0. The largest absolute Gasteiger partial charge is 0.355 e. The predicted octanol–water partition coefficient (Wildman–Crippen LogP) is 4.68. The topological polar surface area (TPSA) is 116 Å². The van der Waals surface area contributed by atoms with Crippen molar-refractivity contribution in [2.75, 3.05) is 18.4 Å². The average Bonchev–Trinajstić information content (AvgIpc) is 3.26. The third-order valence-electron chi connectivity index (χ3n) is 6.32. The van der Waals surface area contributed by atoms with Crippen molar-refractivity contribution in [2.24, 2.45) is 5.92 Å². The van der Waals surface area contributed by atoms with E-state index in [1.165, 1.54) is 4.31 Å². The van der Waals surface area contributed by atoms with Crippen LogP contribution in [-0.2, 0) is 14.8 Å². The Morgan fingerprint density at radius 1 is 1.17 bits per heavy atom. The third kappa shape index (κ3) is 5.40. The third-order valence-corrected chi connectivity index (χ3v) is 8.34. The van der Waals surface area contributed by atoms with Crippen molar-refractivity contribution >= 4 is 33.8 Å². The van der Waals surface area contributed by atoms with Crippen LogP contribution in [-0.4, -0.2) is 36.9 Å². The van der Waals surface area contributed by atoms with Crippen LogP contribution in [0.15, 0.2) is 51.9 Å². The molecule has 1 N–H and O–H groups in total. The van der Waals surface area contributed by atoms with Crippen LogP contribution in [0.25, 0.3) is 12.2 Å². The van der Waals surface area contributed by atoms with Gasteiger partial charge < -0.3 is 9.84 Å². The fourth-order valence-corrected chi connectivity index (χ4v) is 6.05. The SMILES string of the molecule is Cc1ccc(C)c(/C=C/c2onc(C)c2S(=O)(=O)N2CCCC(C(=O)Nc3ccc(C#N)cc3)C2)c1. The highest BCUT2D eigenvalue weighted by molar-refractivity contribution is 7.89. The molecule has 0 aliphatic carbocycles. The number of benzene rings is 2. The van der Waals surface area contributed by atoms with Crippen molar-refractivity contribution in [2.45, 2.75) is 38.5 Å². The Bertz CT molecular complexity index is 1450. The molecule has 1 saturated heterocycles. The summed E-state index contributed by atoms with van der Waals surface area (Å²) in [6, 6.07) is 14.6. The lowest BCUT2D eigenvalue weighted by Crippen LogP contribution is -2.43. The second-order valence-electron chi connectivity index (χ2n) is 9.04. The molecule has 2 heterocycles. The van der Waals surface area contributed by atoms with Crippen LogP contribution in [0.2, 0.25) is 0 Å². The van der Waals surface area contributed by atoms with Crippen molar-refractivity contribution in [1.29, 1.82) is 5.26 Å². The lowest BCUT2D eigenvalue weighted by Gasteiger charge is -2.31. The molecule has 1 atom stereocenters. The van der Waals surface area contributed by atoms with E-state index in [0.29, 0.717) is 30.6 Å². The number of piperidine rings is 1. The van der Waals surface area contributed by atoms with Gasteiger partial charge in [-0.2, -0.15) is 9.57 Å². The molecule has 8 nitrogen and oxygen atoms in total. The Hall–Kier alpha value is -3.74. The van der Waals surface area contributed by atoms with Gasteiger partial charge in [-0.25, -0.2) is 8.42 Å². The molecule has 3 aromatic rings.